The lowest BCUT2D eigenvalue weighted by Gasteiger charge is -2.16. The van der Waals surface area contributed by atoms with E-state index in [1.54, 1.807) is 0 Å². The van der Waals surface area contributed by atoms with Gasteiger partial charge in [0.1, 0.15) is 0 Å². The van der Waals surface area contributed by atoms with Crippen molar-refractivity contribution in [2.24, 2.45) is 0 Å². The van der Waals surface area contributed by atoms with Crippen LogP contribution in [0, 0.1) is 0 Å². The molecule has 0 amide bonds. The smallest absolute Gasteiger partial charge is 0.0843 e. The van der Waals surface area contributed by atoms with Crippen LogP contribution in [0.5, 0.6) is 0 Å². The molecule has 0 spiro atoms. The monoisotopic (exact) mass is 168 g/mol. The molecule has 1 saturated heterocycles. The molecule has 1 unspecified atom stereocenters. The van der Waals surface area contributed by atoms with Crippen molar-refractivity contribution in [2.45, 2.75) is 25.4 Å². The van der Waals surface area contributed by atoms with E-state index < -0.39 is 0 Å². The molecule has 1 rings (SSSR count). The van der Waals surface area contributed by atoms with Gasteiger partial charge < -0.3 is 9.84 Å². The van der Waals surface area contributed by atoms with Crippen molar-refractivity contribution in [3.05, 3.63) is 24.3 Å². The minimum absolute atomic E-state index is 0.00926. The highest BCUT2D eigenvalue weighted by molar-refractivity contribution is 5.29. The molecule has 12 heavy (non-hydrogen) atoms. The summed E-state index contributed by atoms with van der Waals surface area (Å²) in [5, 5.41) is 8.76. The zero-order valence-electron chi connectivity index (χ0n) is 7.38. The molecule has 0 radical (unpaired) electrons. The van der Waals surface area contributed by atoms with E-state index in [4.69, 9.17) is 9.84 Å². The molecular formula is C10H16O2. The number of hydrogen-bond donors (Lipinski definition) is 1. The Morgan fingerprint density at radius 2 is 2.25 bits per heavy atom. The van der Waals surface area contributed by atoms with Crippen molar-refractivity contribution in [3.8, 4) is 0 Å². The van der Waals surface area contributed by atoms with Crippen LogP contribution in [0.3, 0.4) is 0 Å². The first-order chi connectivity index (χ1) is 5.75. The SMILES string of the molecule is C=C1CCCOC(CCO)C1=C. The van der Waals surface area contributed by atoms with E-state index in [9.17, 15) is 0 Å². The summed E-state index contributed by atoms with van der Waals surface area (Å²) in [5.41, 5.74) is 2.03. The second-order valence-electron chi connectivity index (χ2n) is 3.10. The summed E-state index contributed by atoms with van der Waals surface area (Å²) in [6.45, 7) is 8.75. The van der Waals surface area contributed by atoms with Crippen LogP contribution in [-0.4, -0.2) is 24.4 Å². The third-order valence-corrected chi connectivity index (χ3v) is 2.18. The number of rotatable bonds is 2. The van der Waals surface area contributed by atoms with E-state index in [0.29, 0.717) is 6.42 Å². The average Bonchev–Trinajstić information content (AvgIpc) is 2.20. The fraction of sp³-hybridized carbons (Fsp3) is 0.600. The van der Waals surface area contributed by atoms with E-state index in [2.05, 4.69) is 13.2 Å². The van der Waals surface area contributed by atoms with Crippen molar-refractivity contribution in [2.75, 3.05) is 13.2 Å². The summed E-state index contributed by atoms with van der Waals surface area (Å²) in [5.74, 6) is 0. The highest BCUT2D eigenvalue weighted by atomic mass is 16.5. The highest BCUT2D eigenvalue weighted by Gasteiger charge is 2.17. The van der Waals surface area contributed by atoms with Gasteiger partial charge >= 0.3 is 0 Å². The van der Waals surface area contributed by atoms with Gasteiger partial charge in [-0.05, 0) is 24.0 Å². The van der Waals surface area contributed by atoms with Crippen LogP contribution in [0.25, 0.3) is 0 Å². The normalized spacial score (nSPS) is 25.6. The van der Waals surface area contributed by atoms with Gasteiger partial charge in [-0.1, -0.05) is 13.2 Å². The van der Waals surface area contributed by atoms with Crippen molar-refractivity contribution in [1.82, 2.24) is 0 Å². The van der Waals surface area contributed by atoms with Gasteiger partial charge in [0, 0.05) is 19.6 Å². The molecular weight excluding hydrogens is 152 g/mol. The predicted octanol–water partition coefficient (Wildman–Crippen LogP) is 1.66. The van der Waals surface area contributed by atoms with Crippen LogP contribution < -0.4 is 0 Å². The molecule has 0 aliphatic carbocycles. The van der Waals surface area contributed by atoms with Gasteiger partial charge in [-0.2, -0.15) is 0 Å². The number of hydrogen-bond acceptors (Lipinski definition) is 2. The first-order valence-corrected chi connectivity index (χ1v) is 4.35. The molecule has 0 aromatic carbocycles. The van der Waals surface area contributed by atoms with Crippen molar-refractivity contribution in [3.63, 3.8) is 0 Å². The van der Waals surface area contributed by atoms with Crippen LogP contribution in [0.1, 0.15) is 19.3 Å². The van der Waals surface area contributed by atoms with Crippen LogP contribution in [0.2, 0.25) is 0 Å². The molecule has 0 bridgehead atoms. The van der Waals surface area contributed by atoms with Crippen molar-refractivity contribution in [1.29, 1.82) is 0 Å². The molecule has 0 aromatic heterocycles. The Bertz CT molecular complexity index is 184. The summed E-state index contributed by atoms with van der Waals surface area (Å²) in [7, 11) is 0. The lowest BCUT2D eigenvalue weighted by atomic mass is 9.99. The maximum absolute atomic E-state index is 8.76. The van der Waals surface area contributed by atoms with E-state index >= 15 is 0 Å². The van der Waals surface area contributed by atoms with Gasteiger partial charge in [0.2, 0.25) is 0 Å². The molecule has 2 heteroatoms. The molecule has 68 valence electrons. The average molecular weight is 168 g/mol. The van der Waals surface area contributed by atoms with Crippen LogP contribution in [0.15, 0.2) is 24.3 Å². The number of aliphatic hydroxyl groups is 1. The third-order valence-electron chi connectivity index (χ3n) is 2.18. The molecule has 2 nitrogen and oxygen atoms in total. The zero-order chi connectivity index (χ0) is 8.97. The van der Waals surface area contributed by atoms with Crippen molar-refractivity contribution >= 4 is 0 Å². The standard InChI is InChI=1S/C10H16O2/c1-8-4-3-7-12-10(5-6-11)9(8)2/h10-11H,1-7H2. The molecule has 1 heterocycles. The molecule has 1 atom stereocenters. The lowest BCUT2D eigenvalue weighted by molar-refractivity contribution is 0.0656. The Balaban J connectivity index is 2.58. The number of aliphatic hydroxyl groups excluding tert-OH is 1. The second kappa shape index (κ2) is 4.43. The minimum atomic E-state index is -0.00926. The fourth-order valence-corrected chi connectivity index (χ4v) is 1.37. The van der Waals surface area contributed by atoms with Gasteiger partial charge in [-0.15, -0.1) is 0 Å². The molecule has 1 N–H and O–H groups in total. The largest absolute Gasteiger partial charge is 0.396 e. The summed E-state index contributed by atoms with van der Waals surface area (Å²) < 4.78 is 5.51. The first kappa shape index (κ1) is 9.49. The lowest BCUT2D eigenvalue weighted by Crippen LogP contribution is -2.16. The Morgan fingerprint density at radius 3 is 2.92 bits per heavy atom. The fourth-order valence-electron chi connectivity index (χ4n) is 1.37. The van der Waals surface area contributed by atoms with Gasteiger partial charge in [0.05, 0.1) is 6.10 Å². The van der Waals surface area contributed by atoms with Gasteiger partial charge in [-0.25, -0.2) is 0 Å². The molecule has 0 saturated carbocycles. The minimum Gasteiger partial charge on any atom is -0.396 e. The Hall–Kier alpha value is -0.600. The Morgan fingerprint density at radius 1 is 1.50 bits per heavy atom. The van der Waals surface area contributed by atoms with Crippen LogP contribution >= 0.6 is 0 Å². The van der Waals surface area contributed by atoms with Gasteiger partial charge in [0.25, 0.3) is 0 Å². The summed E-state index contributed by atoms with van der Waals surface area (Å²) >= 11 is 0. The topological polar surface area (TPSA) is 29.5 Å². The zero-order valence-corrected chi connectivity index (χ0v) is 7.38. The van der Waals surface area contributed by atoms with Crippen LogP contribution in [0.4, 0.5) is 0 Å². The Kier molecular flexibility index (Phi) is 3.50. The molecule has 0 aromatic rings. The maximum atomic E-state index is 8.76. The molecule has 1 fully saturated rings. The van der Waals surface area contributed by atoms with E-state index in [-0.39, 0.29) is 12.7 Å². The van der Waals surface area contributed by atoms with Crippen molar-refractivity contribution < 1.29 is 9.84 Å². The third kappa shape index (κ3) is 2.19. The van der Waals surface area contributed by atoms with E-state index in [1.165, 1.54) is 0 Å². The molecule has 1 aliphatic rings. The number of ether oxygens (including phenoxy) is 1. The Labute approximate surface area is 73.5 Å². The van der Waals surface area contributed by atoms with Gasteiger partial charge in [0.15, 0.2) is 0 Å². The summed E-state index contributed by atoms with van der Waals surface area (Å²) in [4.78, 5) is 0. The highest BCUT2D eigenvalue weighted by Crippen LogP contribution is 2.23. The summed E-state index contributed by atoms with van der Waals surface area (Å²) in [6.07, 6.45) is 2.61. The van der Waals surface area contributed by atoms with Crippen LogP contribution in [-0.2, 0) is 4.74 Å². The predicted molar refractivity (Wildman–Crippen MR) is 49.0 cm³/mol. The first-order valence-electron chi connectivity index (χ1n) is 4.35. The maximum Gasteiger partial charge on any atom is 0.0843 e. The van der Waals surface area contributed by atoms with E-state index in [1.807, 2.05) is 0 Å². The van der Waals surface area contributed by atoms with E-state index in [0.717, 1.165) is 30.6 Å². The second-order valence-corrected chi connectivity index (χ2v) is 3.10. The molecule has 1 aliphatic heterocycles. The summed E-state index contributed by atoms with van der Waals surface area (Å²) in [6, 6.07) is 0. The van der Waals surface area contributed by atoms with Gasteiger partial charge in [-0.3, -0.25) is 0 Å². The quantitative estimate of drug-likeness (QED) is 0.679.